The Bertz CT molecular complexity index is 207. The summed E-state index contributed by atoms with van der Waals surface area (Å²) in [5.74, 6) is -3.65. The highest BCUT2D eigenvalue weighted by atomic mass is 16.4. The molecule has 6 N–H and O–H groups in total. The van der Waals surface area contributed by atoms with Crippen molar-refractivity contribution in [2.45, 2.75) is 78.3 Å². The van der Waals surface area contributed by atoms with Gasteiger partial charge in [-0.1, -0.05) is 39.5 Å². The Morgan fingerprint density at radius 3 is 1.15 bits per heavy atom. The van der Waals surface area contributed by atoms with E-state index in [0.717, 1.165) is 0 Å². The van der Waals surface area contributed by atoms with Crippen LogP contribution in [0.4, 0.5) is 0 Å². The molecule has 0 aliphatic heterocycles. The van der Waals surface area contributed by atoms with Gasteiger partial charge in [-0.2, -0.15) is 0 Å². The lowest BCUT2D eigenvalue weighted by Crippen LogP contribution is -2.13. The second-order valence-electron chi connectivity index (χ2n) is 4.85. The van der Waals surface area contributed by atoms with E-state index in [1.54, 1.807) is 0 Å². The fraction of sp³-hybridized carbons (Fsp3) is 0.857. The van der Waals surface area contributed by atoms with Crippen LogP contribution in [-0.4, -0.2) is 34.2 Å². The number of carboxylic acids is 2. The van der Waals surface area contributed by atoms with Crippen LogP contribution in [0.1, 0.15) is 66.2 Å². The summed E-state index contributed by atoms with van der Waals surface area (Å²) in [6.07, 6.45) is 7.44. The maximum atomic E-state index is 9.10. The van der Waals surface area contributed by atoms with Gasteiger partial charge in [-0.3, -0.25) is 0 Å². The maximum Gasteiger partial charge on any atom is 0.414 e. The van der Waals surface area contributed by atoms with Crippen LogP contribution in [0.2, 0.25) is 0 Å². The van der Waals surface area contributed by atoms with E-state index >= 15 is 0 Å². The molecule has 0 heterocycles. The first kappa shape index (κ1) is 23.9. The van der Waals surface area contributed by atoms with E-state index in [9.17, 15) is 0 Å². The highest BCUT2D eigenvalue weighted by molar-refractivity contribution is 6.27. The molecule has 20 heavy (non-hydrogen) atoms. The third kappa shape index (κ3) is 36.0. The van der Waals surface area contributed by atoms with Crippen molar-refractivity contribution in [3.05, 3.63) is 0 Å². The number of hydrogen-bond donors (Lipinski definition) is 4. The molecule has 0 amide bonds. The first-order valence-electron chi connectivity index (χ1n) is 7.16. The highest BCUT2D eigenvalue weighted by Crippen LogP contribution is 1.95. The minimum absolute atomic E-state index is 0.403. The maximum absolute atomic E-state index is 9.10. The normalized spacial score (nSPS) is 12.1. The largest absolute Gasteiger partial charge is 0.473 e. The summed E-state index contributed by atoms with van der Waals surface area (Å²) in [5.41, 5.74) is 11.0. The molecular formula is C14H32N2O4. The molecule has 6 nitrogen and oxygen atoms in total. The van der Waals surface area contributed by atoms with Crippen molar-refractivity contribution in [3.8, 4) is 0 Å². The summed E-state index contributed by atoms with van der Waals surface area (Å²) in [6, 6.07) is 0.805. The van der Waals surface area contributed by atoms with E-state index in [1.807, 2.05) is 0 Å². The molecule has 0 saturated carbocycles. The molecule has 0 aromatic heterocycles. The second-order valence-corrected chi connectivity index (χ2v) is 4.85. The molecule has 0 radical (unpaired) electrons. The Morgan fingerprint density at radius 1 is 0.850 bits per heavy atom. The number of carbonyl (C=O) groups is 2. The minimum atomic E-state index is -1.82. The van der Waals surface area contributed by atoms with Crippen molar-refractivity contribution >= 4 is 11.9 Å². The van der Waals surface area contributed by atoms with Crippen molar-refractivity contribution in [2.24, 2.45) is 11.5 Å². The van der Waals surface area contributed by atoms with Gasteiger partial charge in [0.05, 0.1) is 0 Å². The molecule has 0 aliphatic carbocycles. The first-order valence-corrected chi connectivity index (χ1v) is 7.16. The summed E-state index contributed by atoms with van der Waals surface area (Å²) in [6.45, 7) is 8.47. The number of aliphatic carboxylic acids is 2. The van der Waals surface area contributed by atoms with Gasteiger partial charge < -0.3 is 21.7 Å². The second kappa shape index (κ2) is 17.9. The highest BCUT2D eigenvalue weighted by Gasteiger charge is 2.04. The number of nitrogens with two attached hydrogens (primary N) is 2. The summed E-state index contributed by atoms with van der Waals surface area (Å²) in [7, 11) is 0. The van der Waals surface area contributed by atoms with Crippen molar-refractivity contribution in [1.29, 1.82) is 0 Å². The van der Waals surface area contributed by atoms with Crippen molar-refractivity contribution < 1.29 is 19.8 Å². The molecular weight excluding hydrogens is 260 g/mol. The van der Waals surface area contributed by atoms with E-state index in [-0.39, 0.29) is 0 Å². The van der Waals surface area contributed by atoms with Crippen molar-refractivity contribution in [2.75, 3.05) is 0 Å². The molecule has 122 valence electrons. The topological polar surface area (TPSA) is 127 Å². The zero-order valence-corrected chi connectivity index (χ0v) is 13.3. The molecule has 0 saturated heterocycles. The lowest BCUT2D eigenvalue weighted by molar-refractivity contribution is -0.159. The van der Waals surface area contributed by atoms with Crippen LogP contribution < -0.4 is 11.5 Å². The zero-order valence-electron chi connectivity index (χ0n) is 13.3. The Balaban J connectivity index is -0.000000218. The quantitative estimate of drug-likeness (QED) is 0.556. The lowest BCUT2D eigenvalue weighted by atomic mass is 10.2. The van der Waals surface area contributed by atoms with Crippen LogP contribution in [0.5, 0.6) is 0 Å². The molecule has 0 aliphatic rings. The molecule has 2 atom stereocenters. The van der Waals surface area contributed by atoms with Gasteiger partial charge in [0.25, 0.3) is 0 Å². The molecule has 2 unspecified atom stereocenters. The predicted molar refractivity (Wildman–Crippen MR) is 81.6 cm³/mol. The molecule has 0 spiro atoms. The third-order valence-corrected chi connectivity index (χ3v) is 2.21. The Morgan fingerprint density at radius 2 is 1.10 bits per heavy atom. The van der Waals surface area contributed by atoms with E-state index in [2.05, 4.69) is 27.7 Å². The van der Waals surface area contributed by atoms with Crippen LogP contribution in [-0.2, 0) is 9.59 Å². The van der Waals surface area contributed by atoms with Crippen LogP contribution >= 0.6 is 0 Å². The summed E-state index contributed by atoms with van der Waals surface area (Å²) in [5, 5.41) is 14.8. The van der Waals surface area contributed by atoms with Crippen LogP contribution in [0.3, 0.4) is 0 Å². The Labute approximate surface area is 122 Å². The first-order chi connectivity index (χ1) is 9.18. The predicted octanol–water partition coefficient (Wildman–Crippen LogP) is 2.20. The molecule has 0 fully saturated rings. The van der Waals surface area contributed by atoms with Gasteiger partial charge in [-0.15, -0.1) is 0 Å². The molecule has 0 aromatic rings. The van der Waals surface area contributed by atoms with Crippen LogP contribution in [0.25, 0.3) is 0 Å². The van der Waals surface area contributed by atoms with Gasteiger partial charge in [-0.25, -0.2) is 9.59 Å². The monoisotopic (exact) mass is 292 g/mol. The summed E-state index contributed by atoms with van der Waals surface area (Å²) in [4.78, 5) is 18.2. The summed E-state index contributed by atoms with van der Waals surface area (Å²) < 4.78 is 0. The van der Waals surface area contributed by atoms with Gasteiger partial charge in [-0.05, 0) is 26.7 Å². The van der Waals surface area contributed by atoms with Crippen LogP contribution in [0.15, 0.2) is 0 Å². The number of hydrogen-bond acceptors (Lipinski definition) is 4. The fourth-order valence-corrected chi connectivity index (χ4v) is 1.05. The summed E-state index contributed by atoms with van der Waals surface area (Å²) >= 11 is 0. The number of carboxylic acid groups (broad SMARTS) is 2. The Kier molecular flexibility index (Phi) is 21.4. The van der Waals surface area contributed by atoms with Gasteiger partial charge in [0, 0.05) is 12.1 Å². The van der Waals surface area contributed by atoms with Gasteiger partial charge in [0.15, 0.2) is 0 Å². The smallest absolute Gasteiger partial charge is 0.414 e. The van der Waals surface area contributed by atoms with Gasteiger partial charge in [0.2, 0.25) is 0 Å². The Hall–Kier alpha value is -1.14. The van der Waals surface area contributed by atoms with Gasteiger partial charge >= 0.3 is 11.9 Å². The van der Waals surface area contributed by atoms with E-state index in [4.69, 9.17) is 31.3 Å². The van der Waals surface area contributed by atoms with E-state index in [0.29, 0.717) is 12.1 Å². The standard InChI is InChI=1S/2C6H15N.C2H2O4/c2*1-3-4-5-6(2)7;3-1(4)2(5)6/h2*6H,3-5,7H2,1-2H3;(H,3,4)(H,5,6). The number of rotatable bonds is 6. The zero-order chi connectivity index (χ0) is 16.6. The van der Waals surface area contributed by atoms with E-state index in [1.165, 1.54) is 38.5 Å². The third-order valence-electron chi connectivity index (χ3n) is 2.21. The molecule has 0 bridgehead atoms. The average molecular weight is 292 g/mol. The minimum Gasteiger partial charge on any atom is -0.473 e. The molecule has 6 heteroatoms. The van der Waals surface area contributed by atoms with Crippen LogP contribution in [0, 0.1) is 0 Å². The van der Waals surface area contributed by atoms with Crippen molar-refractivity contribution in [1.82, 2.24) is 0 Å². The van der Waals surface area contributed by atoms with Gasteiger partial charge in [0.1, 0.15) is 0 Å². The molecule has 0 aromatic carbocycles. The SMILES string of the molecule is CCCCC(C)N.CCCCC(C)N.O=C(O)C(=O)O. The average Bonchev–Trinajstić information content (AvgIpc) is 2.35. The van der Waals surface area contributed by atoms with Crippen molar-refractivity contribution in [3.63, 3.8) is 0 Å². The molecule has 0 rings (SSSR count). The number of unbranched alkanes of at least 4 members (excludes halogenated alkanes) is 2. The lowest BCUT2D eigenvalue weighted by Gasteiger charge is -1.99. The fourth-order valence-electron chi connectivity index (χ4n) is 1.05. The van der Waals surface area contributed by atoms with E-state index < -0.39 is 11.9 Å².